The molecule has 1 heterocycles. The van der Waals surface area contributed by atoms with Gasteiger partial charge in [-0.3, -0.25) is 4.79 Å². The van der Waals surface area contributed by atoms with Crippen LogP contribution in [0.15, 0.2) is 65.8 Å². The van der Waals surface area contributed by atoms with Crippen molar-refractivity contribution >= 4 is 23.4 Å². The van der Waals surface area contributed by atoms with Crippen LogP contribution in [0.3, 0.4) is 0 Å². The minimum atomic E-state index is -0.395. The molecule has 1 amide bonds. The van der Waals surface area contributed by atoms with Gasteiger partial charge in [-0.05, 0) is 37.5 Å². The van der Waals surface area contributed by atoms with Crippen LogP contribution in [-0.4, -0.2) is 20.7 Å². The summed E-state index contributed by atoms with van der Waals surface area (Å²) in [5.74, 6) is 1.52. The molecule has 1 aliphatic rings. The van der Waals surface area contributed by atoms with Crippen LogP contribution in [0.5, 0.6) is 0 Å². The molecular weight excluding hydrogens is 356 g/mol. The zero-order chi connectivity index (χ0) is 18.6. The molecule has 138 valence electrons. The van der Waals surface area contributed by atoms with E-state index in [1.807, 2.05) is 60.7 Å². The van der Waals surface area contributed by atoms with Crippen molar-refractivity contribution in [1.82, 2.24) is 14.8 Å². The van der Waals surface area contributed by atoms with Gasteiger partial charge >= 0.3 is 0 Å². The van der Waals surface area contributed by atoms with Crippen molar-refractivity contribution in [3.05, 3.63) is 72.1 Å². The van der Waals surface area contributed by atoms with Gasteiger partial charge in [0.2, 0.25) is 5.91 Å². The summed E-state index contributed by atoms with van der Waals surface area (Å²) in [7, 11) is 0. The number of carbonyl (C=O) groups is 1. The molecule has 27 heavy (non-hydrogen) atoms. The van der Waals surface area contributed by atoms with Crippen molar-refractivity contribution in [1.29, 1.82) is 0 Å². The first-order valence-electron chi connectivity index (χ1n) is 9.27. The summed E-state index contributed by atoms with van der Waals surface area (Å²) in [6, 6.07) is 19.4. The monoisotopic (exact) mass is 378 g/mol. The topological polar surface area (TPSA) is 59.8 Å². The third-order valence-corrected chi connectivity index (χ3v) is 5.84. The second kappa shape index (κ2) is 7.96. The first kappa shape index (κ1) is 17.8. The van der Waals surface area contributed by atoms with Gasteiger partial charge in [-0.1, -0.05) is 60.3 Å². The van der Waals surface area contributed by atoms with E-state index in [1.54, 1.807) is 0 Å². The molecule has 1 aliphatic carbocycles. The number of carbonyl (C=O) groups excluding carboxylic acids is 1. The molecule has 3 aromatic rings. The lowest BCUT2D eigenvalue weighted by molar-refractivity contribution is -0.115. The second-order valence-corrected chi connectivity index (χ2v) is 7.70. The number of benzene rings is 2. The molecule has 1 aromatic heterocycles. The van der Waals surface area contributed by atoms with Gasteiger partial charge in [0.1, 0.15) is 11.1 Å². The second-order valence-electron chi connectivity index (χ2n) is 6.62. The molecule has 2 aromatic carbocycles. The molecule has 1 N–H and O–H groups in total. The van der Waals surface area contributed by atoms with Gasteiger partial charge in [0, 0.05) is 18.2 Å². The largest absolute Gasteiger partial charge is 0.325 e. The Bertz CT molecular complexity index is 906. The number of anilines is 1. The van der Waals surface area contributed by atoms with E-state index in [4.69, 9.17) is 0 Å². The Kier molecular flexibility index (Phi) is 5.25. The smallest absolute Gasteiger partial charge is 0.242 e. The Morgan fingerprint density at radius 1 is 1.11 bits per heavy atom. The molecule has 0 radical (unpaired) electrons. The molecule has 0 bridgehead atoms. The molecule has 6 heteroatoms. The average Bonchev–Trinajstić information content (AvgIpc) is 3.47. The molecule has 0 saturated heterocycles. The normalized spacial score (nSPS) is 14.7. The fraction of sp³-hybridized carbons (Fsp3) is 0.286. The van der Waals surface area contributed by atoms with Crippen LogP contribution in [-0.2, 0) is 11.3 Å². The fourth-order valence-corrected chi connectivity index (χ4v) is 4.17. The van der Waals surface area contributed by atoms with Crippen molar-refractivity contribution < 1.29 is 4.79 Å². The Morgan fingerprint density at radius 2 is 1.78 bits per heavy atom. The van der Waals surface area contributed by atoms with E-state index in [2.05, 4.69) is 27.0 Å². The maximum atomic E-state index is 13.1. The van der Waals surface area contributed by atoms with Crippen molar-refractivity contribution in [3.63, 3.8) is 0 Å². The van der Waals surface area contributed by atoms with Crippen molar-refractivity contribution in [2.75, 3.05) is 5.32 Å². The summed E-state index contributed by atoms with van der Waals surface area (Å²) in [6.07, 6.45) is 2.36. The van der Waals surface area contributed by atoms with E-state index < -0.39 is 5.25 Å². The molecule has 4 rings (SSSR count). The zero-order valence-corrected chi connectivity index (χ0v) is 16.0. The van der Waals surface area contributed by atoms with Crippen LogP contribution in [0, 0.1) is 0 Å². The van der Waals surface area contributed by atoms with Crippen LogP contribution in [0.25, 0.3) is 0 Å². The molecule has 0 aliphatic heterocycles. The van der Waals surface area contributed by atoms with Crippen LogP contribution < -0.4 is 5.32 Å². The standard InChI is InChI=1S/C21H22N4OS/c1-2-25-19(16-13-14-16)23-24-21(25)27-18(15-9-5-3-6-10-15)20(26)22-17-11-7-4-8-12-17/h3-12,16,18H,2,13-14H2,1H3,(H,22,26). The lowest BCUT2D eigenvalue weighted by Gasteiger charge is -2.17. The van der Waals surface area contributed by atoms with Crippen molar-refractivity contribution in [2.24, 2.45) is 0 Å². The lowest BCUT2D eigenvalue weighted by Crippen LogP contribution is -2.19. The van der Waals surface area contributed by atoms with Crippen LogP contribution >= 0.6 is 11.8 Å². The van der Waals surface area contributed by atoms with Gasteiger partial charge < -0.3 is 9.88 Å². The molecule has 1 atom stereocenters. The number of hydrogen-bond acceptors (Lipinski definition) is 4. The van der Waals surface area contributed by atoms with Gasteiger partial charge in [0.05, 0.1) is 0 Å². The Balaban J connectivity index is 1.62. The van der Waals surface area contributed by atoms with Crippen LogP contribution in [0.1, 0.15) is 42.3 Å². The predicted octanol–water partition coefficient (Wildman–Crippen LogP) is 4.65. The minimum absolute atomic E-state index is 0.0592. The molecule has 1 fully saturated rings. The van der Waals surface area contributed by atoms with Crippen molar-refractivity contribution in [2.45, 2.75) is 42.6 Å². The number of aromatic nitrogens is 3. The van der Waals surface area contributed by atoms with E-state index in [9.17, 15) is 4.79 Å². The highest BCUT2D eigenvalue weighted by Crippen LogP contribution is 2.42. The zero-order valence-electron chi connectivity index (χ0n) is 15.2. The first-order valence-corrected chi connectivity index (χ1v) is 10.1. The maximum Gasteiger partial charge on any atom is 0.242 e. The third kappa shape index (κ3) is 4.06. The molecule has 5 nitrogen and oxygen atoms in total. The fourth-order valence-electron chi connectivity index (χ4n) is 3.06. The minimum Gasteiger partial charge on any atom is -0.325 e. The highest BCUT2D eigenvalue weighted by Gasteiger charge is 2.31. The van der Waals surface area contributed by atoms with E-state index in [0.29, 0.717) is 5.92 Å². The number of para-hydroxylation sites is 1. The highest BCUT2D eigenvalue weighted by atomic mass is 32.2. The number of rotatable bonds is 7. The summed E-state index contributed by atoms with van der Waals surface area (Å²) in [6.45, 7) is 2.91. The van der Waals surface area contributed by atoms with E-state index in [1.165, 1.54) is 24.6 Å². The molecular formula is C21H22N4OS. The summed E-state index contributed by atoms with van der Waals surface area (Å²) in [5, 5.41) is 12.2. The predicted molar refractivity (Wildman–Crippen MR) is 108 cm³/mol. The molecule has 0 spiro atoms. The van der Waals surface area contributed by atoms with Crippen molar-refractivity contribution in [3.8, 4) is 0 Å². The SMILES string of the molecule is CCn1c(SC(C(=O)Nc2ccccc2)c2ccccc2)nnc1C1CC1. The molecule has 1 saturated carbocycles. The Morgan fingerprint density at radius 3 is 2.41 bits per heavy atom. The number of nitrogens with one attached hydrogen (secondary N) is 1. The number of hydrogen-bond donors (Lipinski definition) is 1. The summed E-state index contributed by atoms with van der Waals surface area (Å²) in [5.41, 5.74) is 1.74. The van der Waals surface area contributed by atoms with Gasteiger partial charge in [0.15, 0.2) is 5.16 Å². The van der Waals surface area contributed by atoms with Gasteiger partial charge in [-0.2, -0.15) is 0 Å². The van der Waals surface area contributed by atoms with Gasteiger partial charge in [0.25, 0.3) is 0 Å². The highest BCUT2D eigenvalue weighted by molar-refractivity contribution is 8.00. The maximum absolute atomic E-state index is 13.1. The van der Waals surface area contributed by atoms with E-state index in [0.717, 1.165) is 28.8 Å². The Labute approximate surface area is 163 Å². The number of thioether (sulfide) groups is 1. The van der Waals surface area contributed by atoms with Crippen LogP contribution in [0.4, 0.5) is 5.69 Å². The lowest BCUT2D eigenvalue weighted by atomic mass is 10.1. The average molecular weight is 379 g/mol. The summed E-state index contributed by atoms with van der Waals surface area (Å²) >= 11 is 1.46. The number of amides is 1. The number of nitrogens with zero attached hydrogens (tertiary/aromatic N) is 3. The first-order chi connectivity index (χ1) is 13.3. The van der Waals surface area contributed by atoms with Gasteiger partial charge in [-0.25, -0.2) is 0 Å². The van der Waals surface area contributed by atoms with Crippen LogP contribution in [0.2, 0.25) is 0 Å². The molecule has 1 unspecified atom stereocenters. The Hall–Kier alpha value is -2.60. The van der Waals surface area contributed by atoms with E-state index in [-0.39, 0.29) is 5.91 Å². The summed E-state index contributed by atoms with van der Waals surface area (Å²) in [4.78, 5) is 13.1. The van der Waals surface area contributed by atoms with E-state index >= 15 is 0 Å². The van der Waals surface area contributed by atoms with Gasteiger partial charge in [-0.15, -0.1) is 10.2 Å². The summed E-state index contributed by atoms with van der Waals surface area (Å²) < 4.78 is 2.15. The third-order valence-electron chi connectivity index (χ3n) is 4.61. The quantitative estimate of drug-likeness (QED) is 0.608.